The minimum atomic E-state index is 0.955. The summed E-state index contributed by atoms with van der Waals surface area (Å²) in [5.41, 5.74) is 13.4. The van der Waals surface area contributed by atoms with E-state index >= 15 is 0 Å². The van der Waals surface area contributed by atoms with E-state index in [0.717, 1.165) is 11.1 Å². The first kappa shape index (κ1) is 19.7. The molecule has 1 heterocycles. The monoisotopic (exact) mass is 412 g/mol. The normalized spacial score (nSPS) is 11.8. The summed E-state index contributed by atoms with van der Waals surface area (Å²) in [5, 5.41) is 2.52. The third-order valence-electron chi connectivity index (χ3n) is 5.80. The average Bonchev–Trinajstić information content (AvgIpc) is 3.18. The molecule has 0 saturated heterocycles. The molecule has 0 aliphatic rings. The van der Waals surface area contributed by atoms with Crippen molar-refractivity contribution in [2.75, 3.05) is 0 Å². The summed E-state index contributed by atoms with van der Waals surface area (Å²) in [5.74, 6) is 0. The van der Waals surface area contributed by atoms with Gasteiger partial charge in [0, 0.05) is 16.5 Å². The van der Waals surface area contributed by atoms with Gasteiger partial charge >= 0.3 is 0 Å². The van der Waals surface area contributed by atoms with Gasteiger partial charge in [0.2, 0.25) is 0 Å². The van der Waals surface area contributed by atoms with Crippen molar-refractivity contribution in [3.8, 4) is 16.8 Å². The molecule has 0 aliphatic heterocycles. The fraction of sp³-hybridized carbons (Fsp3) is 0. The van der Waals surface area contributed by atoms with Gasteiger partial charge in [-0.25, -0.2) is 0 Å². The molecule has 0 bridgehead atoms. The van der Waals surface area contributed by atoms with Gasteiger partial charge in [0.25, 0.3) is 0 Å². The molecule has 2 N–H and O–H groups in total. The van der Waals surface area contributed by atoms with Gasteiger partial charge < -0.3 is 10.3 Å². The summed E-state index contributed by atoms with van der Waals surface area (Å²) >= 11 is 0. The Morgan fingerprint density at radius 3 is 2.16 bits per heavy atom. The number of hydrogen-bond acceptors (Lipinski definition) is 1. The van der Waals surface area contributed by atoms with Crippen molar-refractivity contribution in [1.29, 1.82) is 0 Å². The molecule has 0 spiro atoms. The summed E-state index contributed by atoms with van der Waals surface area (Å²) in [7, 11) is 0. The maximum atomic E-state index is 5.38. The Hall–Kier alpha value is -4.30. The van der Waals surface area contributed by atoms with Crippen LogP contribution in [-0.4, -0.2) is 4.57 Å². The lowest BCUT2D eigenvalue weighted by molar-refractivity contribution is 1.18. The first-order valence-corrected chi connectivity index (χ1v) is 10.7. The van der Waals surface area contributed by atoms with Gasteiger partial charge in [0.1, 0.15) is 0 Å². The molecule has 1 aromatic heterocycles. The summed E-state index contributed by atoms with van der Waals surface area (Å²) in [4.78, 5) is 0. The van der Waals surface area contributed by atoms with Crippen LogP contribution in [0.2, 0.25) is 0 Å². The fourth-order valence-electron chi connectivity index (χ4n) is 4.22. The van der Waals surface area contributed by atoms with E-state index in [1.807, 2.05) is 12.2 Å². The van der Waals surface area contributed by atoms with Crippen LogP contribution in [-0.2, 0) is 0 Å². The molecule has 0 amide bonds. The van der Waals surface area contributed by atoms with Crippen LogP contribution in [0.4, 0.5) is 0 Å². The van der Waals surface area contributed by atoms with Crippen molar-refractivity contribution < 1.29 is 0 Å². The number of benzene rings is 4. The molecule has 0 aliphatic carbocycles. The Morgan fingerprint density at radius 2 is 1.38 bits per heavy atom. The number of nitrogens with zero attached hydrogens (tertiary/aromatic N) is 1. The summed E-state index contributed by atoms with van der Waals surface area (Å²) in [6.45, 7) is 4.14. The third kappa shape index (κ3) is 3.52. The van der Waals surface area contributed by atoms with Crippen LogP contribution in [0.25, 0.3) is 44.2 Å². The summed E-state index contributed by atoms with van der Waals surface area (Å²) in [6, 6.07) is 34.4. The number of para-hydroxylation sites is 2. The lowest BCUT2D eigenvalue weighted by atomic mass is 9.99. The number of rotatable bonds is 5. The Balaban J connectivity index is 1.59. The smallest absolute Gasteiger partial charge is 0.0541 e. The lowest BCUT2D eigenvalue weighted by Gasteiger charge is -2.08. The van der Waals surface area contributed by atoms with Crippen LogP contribution in [0.3, 0.4) is 0 Å². The molecule has 32 heavy (non-hydrogen) atoms. The van der Waals surface area contributed by atoms with E-state index in [1.165, 1.54) is 44.8 Å². The van der Waals surface area contributed by atoms with E-state index < -0.39 is 0 Å². The van der Waals surface area contributed by atoms with Crippen LogP contribution in [0, 0.1) is 0 Å². The van der Waals surface area contributed by atoms with E-state index in [9.17, 15) is 0 Å². The van der Waals surface area contributed by atoms with E-state index in [1.54, 1.807) is 6.08 Å². The SMILES string of the molecule is C=C(/C=C\C=C/N)c1ccc(-c2ccc3c(c2)c2ccccc2n3-c2ccccc2)cc1. The van der Waals surface area contributed by atoms with Crippen molar-refractivity contribution in [2.24, 2.45) is 5.73 Å². The van der Waals surface area contributed by atoms with E-state index in [-0.39, 0.29) is 0 Å². The number of hydrogen-bond donors (Lipinski definition) is 1. The zero-order valence-corrected chi connectivity index (χ0v) is 17.8. The largest absolute Gasteiger partial charge is 0.405 e. The summed E-state index contributed by atoms with van der Waals surface area (Å²) in [6.07, 6.45) is 7.16. The molecular formula is C30H24N2. The van der Waals surface area contributed by atoms with Crippen molar-refractivity contribution in [3.63, 3.8) is 0 Å². The van der Waals surface area contributed by atoms with E-state index in [4.69, 9.17) is 5.73 Å². The first-order valence-electron chi connectivity index (χ1n) is 10.7. The van der Waals surface area contributed by atoms with Gasteiger partial charge in [-0.05, 0) is 64.9 Å². The van der Waals surface area contributed by atoms with E-state index in [2.05, 4.69) is 108 Å². The number of allylic oxidation sites excluding steroid dienone is 4. The standard InChI is InChI=1S/C30H24N2/c1-22(9-7-8-20-31)23-14-16-24(17-15-23)25-18-19-30-28(21-25)27-12-5-6-13-29(27)32(30)26-10-3-2-4-11-26/h2-21H,1,31H2/b9-7-,20-8-. The van der Waals surface area contributed by atoms with Crippen LogP contribution in [0.15, 0.2) is 128 Å². The second kappa shape index (κ2) is 8.44. The zero-order chi connectivity index (χ0) is 21.9. The maximum Gasteiger partial charge on any atom is 0.0541 e. The second-order valence-corrected chi connectivity index (χ2v) is 7.77. The highest BCUT2D eigenvalue weighted by molar-refractivity contribution is 6.10. The molecule has 5 rings (SSSR count). The Bertz CT molecular complexity index is 1470. The van der Waals surface area contributed by atoms with Gasteiger partial charge in [0.05, 0.1) is 11.0 Å². The van der Waals surface area contributed by atoms with E-state index in [0.29, 0.717) is 0 Å². The molecule has 0 radical (unpaired) electrons. The van der Waals surface area contributed by atoms with Crippen LogP contribution >= 0.6 is 0 Å². The highest BCUT2D eigenvalue weighted by atomic mass is 15.0. The molecule has 5 aromatic rings. The average molecular weight is 413 g/mol. The minimum absolute atomic E-state index is 0.955. The molecular weight excluding hydrogens is 388 g/mol. The molecule has 0 fully saturated rings. The molecule has 0 atom stereocenters. The molecule has 154 valence electrons. The number of aromatic nitrogens is 1. The quantitative estimate of drug-likeness (QED) is 0.298. The second-order valence-electron chi connectivity index (χ2n) is 7.77. The van der Waals surface area contributed by atoms with Crippen LogP contribution < -0.4 is 5.73 Å². The highest BCUT2D eigenvalue weighted by Gasteiger charge is 2.12. The van der Waals surface area contributed by atoms with Crippen molar-refractivity contribution in [3.05, 3.63) is 134 Å². The molecule has 2 nitrogen and oxygen atoms in total. The van der Waals surface area contributed by atoms with Crippen LogP contribution in [0.5, 0.6) is 0 Å². The van der Waals surface area contributed by atoms with Gasteiger partial charge in [-0.15, -0.1) is 0 Å². The van der Waals surface area contributed by atoms with Crippen molar-refractivity contribution >= 4 is 27.4 Å². The Kier molecular flexibility index (Phi) is 5.19. The van der Waals surface area contributed by atoms with Crippen LogP contribution in [0.1, 0.15) is 5.56 Å². The Morgan fingerprint density at radius 1 is 0.688 bits per heavy atom. The lowest BCUT2D eigenvalue weighted by Crippen LogP contribution is -1.92. The fourth-order valence-corrected chi connectivity index (χ4v) is 4.22. The van der Waals surface area contributed by atoms with Gasteiger partial charge in [0.15, 0.2) is 0 Å². The minimum Gasteiger partial charge on any atom is -0.405 e. The maximum absolute atomic E-state index is 5.38. The van der Waals surface area contributed by atoms with Crippen molar-refractivity contribution in [2.45, 2.75) is 0 Å². The topological polar surface area (TPSA) is 30.9 Å². The molecule has 4 aromatic carbocycles. The highest BCUT2D eigenvalue weighted by Crippen LogP contribution is 2.35. The predicted octanol–water partition coefficient (Wildman–Crippen LogP) is 7.49. The predicted molar refractivity (Wildman–Crippen MR) is 138 cm³/mol. The molecule has 0 saturated carbocycles. The number of nitrogens with two attached hydrogens (primary N) is 1. The van der Waals surface area contributed by atoms with Gasteiger partial charge in [-0.1, -0.05) is 85.5 Å². The number of fused-ring (bicyclic) bond motifs is 3. The van der Waals surface area contributed by atoms with Gasteiger partial charge in [-0.2, -0.15) is 0 Å². The summed E-state index contributed by atoms with van der Waals surface area (Å²) < 4.78 is 2.34. The first-order chi connectivity index (χ1) is 15.8. The Labute approximate surface area is 188 Å². The third-order valence-corrected chi connectivity index (χ3v) is 5.80. The zero-order valence-electron chi connectivity index (χ0n) is 17.8. The van der Waals surface area contributed by atoms with Crippen molar-refractivity contribution in [1.82, 2.24) is 4.57 Å². The van der Waals surface area contributed by atoms with Gasteiger partial charge in [-0.3, -0.25) is 0 Å². The molecule has 0 unspecified atom stereocenters. The molecule has 2 heteroatoms.